The van der Waals surface area contributed by atoms with Crippen LogP contribution in [0, 0.1) is 0 Å². The number of fused-ring (bicyclic) bond motifs is 1. The van der Waals surface area contributed by atoms with Crippen molar-refractivity contribution < 1.29 is 0 Å². The van der Waals surface area contributed by atoms with Crippen LogP contribution in [0.3, 0.4) is 0 Å². The number of benzene rings is 1. The Hall–Kier alpha value is -2.20. The van der Waals surface area contributed by atoms with Gasteiger partial charge in [0.25, 0.3) is 0 Å². The molecule has 2 heterocycles. The van der Waals surface area contributed by atoms with Gasteiger partial charge < -0.3 is 9.88 Å². The summed E-state index contributed by atoms with van der Waals surface area (Å²) in [6.07, 6.45) is 4.64. The number of nitrogens with one attached hydrogen (secondary N) is 1. The molecular weight excluding hydrogens is 248 g/mol. The molecule has 0 atom stereocenters. The van der Waals surface area contributed by atoms with Crippen molar-refractivity contribution in [3.05, 3.63) is 48.3 Å². The quantitative estimate of drug-likeness (QED) is 0.788. The van der Waals surface area contributed by atoms with Gasteiger partial charge in [-0.2, -0.15) is 0 Å². The van der Waals surface area contributed by atoms with Gasteiger partial charge in [-0.3, -0.25) is 4.98 Å². The topological polar surface area (TPSA) is 42.7 Å². The van der Waals surface area contributed by atoms with E-state index in [0.717, 1.165) is 29.8 Å². The van der Waals surface area contributed by atoms with Crippen LogP contribution in [0.2, 0.25) is 0 Å². The van der Waals surface area contributed by atoms with Crippen molar-refractivity contribution in [1.82, 2.24) is 19.9 Å². The van der Waals surface area contributed by atoms with Gasteiger partial charge in [0.05, 0.1) is 17.2 Å². The lowest BCUT2D eigenvalue weighted by Crippen LogP contribution is -2.11. The summed E-state index contributed by atoms with van der Waals surface area (Å²) in [5.41, 5.74) is 4.56. The maximum atomic E-state index is 4.75. The van der Waals surface area contributed by atoms with Gasteiger partial charge in [-0.25, -0.2) is 4.98 Å². The van der Waals surface area contributed by atoms with Gasteiger partial charge >= 0.3 is 0 Å². The van der Waals surface area contributed by atoms with Crippen LogP contribution in [0.1, 0.15) is 5.56 Å². The summed E-state index contributed by atoms with van der Waals surface area (Å²) in [6.45, 7) is 0.961. The molecule has 0 unspecified atom stereocenters. The smallest absolute Gasteiger partial charge is 0.141 e. The predicted molar refractivity (Wildman–Crippen MR) is 81.6 cm³/mol. The minimum absolute atomic E-state index is 0.961. The number of aromatic nitrogens is 3. The van der Waals surface area contributed by atoms with E-state index in [1.165, 1.54) is 11.1 Å². The van der Waals surface area contributed by atoms with Crippen LogP contribution in [0.15, 0.2) is 42.7 Å². The molecule has 3 rings (SSSR count). The minimum Gasteiger partial charge on any atom is -0.326 e. The first-order valence-corrected chi connectivity index (χ1v) is 6.80. The molecule has 4 heteroatoms. The second-order valence-electron chi connectivity index (χ2n) is 4.87. The standard InChI is InChI=1S/C16H18N4/c1-17-9-7-12-5-3-4-6-13(12)16-19-14-8-10-18-11-15(14)20(16)2/h3-6,8,10-11,17H,7,9H2,1-2H3. The third-order valence-electron chi connectivity index (χ3n) is 3.59. The van der Waals surface area contributed by atoms with Crippen LogP contribution in [0.5, 0.6) is 0 Å². The van der Waals surface area contributed by atoms with Gasteiger partial charge in [0, 0.05) is 18.8 Å². The maximum Gasteiger partial charge on any atom is 0.141 e. The number of hydrogen-bond acceptors (Lipinski definition) is 3. The summed E-state index contributed by atoms with van der Waals surface area (Å²) in [7, 11) is 4.02. The number of hydrogen-bond donors (Lipinski definition) is 1. The summed E-state index contributed by atoms with van der Waals surface area (Å²) in [5.74, 6) is 1.000. The van der Waals surface area contributed by atoms with E-state index in [9.17, 15) is 0 Å². The number of pyridine rings is 1. The summed E-state index contributed by atoms with van der Waals surface area (Å²) in [6, 6.07) is 10.4. The lowest BCUT2D eigenvalue weighted by Gasteiger charge is -2.09. The van der Waals surface area contributed by atoms with Gasteiger partial charge in [0.2, 0.25) is 0 Å². The second kappa shape index (κ2) is 5.43. The number of imidazole rings is 1. The molecule has 1 N–H and O–H groups in total. The highest BCUT2D eigenvalue weighted by Gasteiger charge is 2.12. The summed E-state index contributed by atoms with van der Waals surface area (Å²) in [5, 5.41) is 3.20. The van der Waals surface area contributed by atoms with E-state index in [0.29, 0.717) is 0 Å². The molecule has 1 aromatic carbocycles. The first-order chi connectivity index (χ1) is 9.81. The molecule has 4 nitrogen and oxygen atoms in total. The molecule has 102 valence electrons. The van der Waals surface area contributed by atoms with Crippen LogP contribution in [-0.2, 0) is 13.5 Å². The van der Waals surface area contributed by atoms with Crippen LogP contribution >= 0.6 is 0 Å². The molecule has 0 bridgehead atoms. The van der Waals surface area contributed by atoms with Crippen molar-refractivity contribution in [2.75, 3.05) is 13.6 Å². The SMILES string of the molecule is CNCCc1ccccc1-c1nc2ccncc2n1C. The van der Waals surface area contributed by atoms with E-state index >= 15 is 0 Å². The molecule has 0 aliphatic carbocycles. The van der Waals surface area contributed by atoms with Gasteiger partial charge in [-0.05, 0) is 31.6 Å². The Balaban J connectivity index is 2.13. The van der Waals surface area contributed by atoms with Crippen LogP contribution < -0.4 is 5.32 Å². The van der Waals surface area contributed by atoms with E-state index in [4.69, 9.17) is 4.98 Å². The van der Waals surface area contributed by atoms with Gasteiger partial charge in [-0.15, -0.1) is 0 Å². The highest BCUT2D eigenvalue weighted by Crippen LogP contribution is 2.26. The number of likely N-dealkylation sites (N-methyl/N-ethyl adjacent to an activating group) is 1. The van der Waals surface area contributed by atoms with E-state index < -0.39 is 0 Å². The van der Waals surface area contributed by atoms with Crippen molar-refractivity contribution in [3.8, 4) is 11.4 Å². The maximum absolute atomic E-state index is 4.75. The Bertz CT molecular complexity index is 730. The lowest BCUT2D eigenvalue weighted by atomic mass is 10.0. The van der Waals surface area contributed by atoms with Gasteiger partial charge in [0.15, 0.2) is 0 Å². The molecule has 0 aliphatic rings. The fraction of sp³-hybridized carbons (Fsp3) is 0.250. The zero-order valence-corrected chi connectivity index (χ0v) is 11.8. The first-order valence-electron chi connectivity index (χ1n) is 6.80. The number of nitrogens with zero attached hydrogens (tertiary/aromatic N) is 3. The molecule has 0 radical (unpaired) electrons. The summed E-state index contributed by atoms with van der Waals surface area (Å²) in [4.78, 5) is 8.94. The lowest BCUT2D eigenvalue weighted by molar-refractivity contribution is 0.791. The molecule has 0 amide bonds. The molecule has 0 fully saturated rings. The molecule has 2 aromatic heterocycles. The van der Waals surface area contributed by atoms with Crippen molar-refractivity contribution in [3.63, 3.8) is 0 Å². The summed E-state index contributed by atoms with van der Waals surface area (Å²) >= 11 is 0. The average Bonchev–Trinajstić information content (AvgIpc) is 2.83. The predicted octanol–water partition coefficient (Wildman–Crippen LogP) is 2.40. The van der Waals surface area contributed by atoms with Crippen LogP contribution in [-0.4, -0.2) is 28.1 Å². The Morgan fingerprint density at radius 3 is 2.85 bits per heavy atom. The monoisotopic (exact) mass is 266 g/mol. The first kappa shape index (κ1) is 12.8. The van der Waals surface area contributed by atoms with E-state index in [1.54, 1.807) is 6.20 Å². The largest absolute Gasteiger partial charge is 0.326 e. The zero-order chi connectivity index (χ0) is 13.9. The molecule has 0 saturated carbocycles. The molecule has 0 aliphatic heterocycles. The van der Waals surface area contributed by atoms with Crippen molar-refractivity contribution in [2.45, 2.75) is 6.42 Å². The second-order valence-corrected chi connectivity index (χ2v) is 4.87. The average molecular weight is 266 g/mol. The van der Waals surface area contributed by atoms with Gasteiger partial charge in [-0.1, -0.05) is 24.3 Å². The van der Waals surface area contributed by atoms with Crippen molar-refractivity contribution >= 4 is 11.0 Å². The zero-order valence-electron chi connectivity index (χ0n) is 11.8. The normalized spacial score (nSPS) is 11.1. The van der Waals surface area contributed by atoms with E-state index in [2.05, 4.69) is 39.1 Å². The molecule has 3 aromatic rings. The molecule has 0 saturated heterocycles. The molecule has 20 heavy (non-hydrogen) atoms. The van der Waals surface area contributed by atoms with Crippen LogP contribution in [0.4, 0.5) is 0 Å². The Labute approximate surface area is 118 Å². The van der Waals surface area contributed by atoms with Gasteiger partial charge in [0.1, 0.15) is 5.82 Å². The van der Waals surface area contributed by atoms with E-state index in [-0.39, 0.29) is 0 Å². The highest BCUT2D eigenvalue weighted by molar-refractivity contribution is 5.80. The third kappa shape index (κ3) is 2.18. The molecule has 0 spiro atoms. The van der Waals surface area contributed by atoms with Crippen molar-refractivity contribution in [2.24, 2.45) is 7.05 Å². The van der Waals surface area contributed by atoms with E-state index in [1.807, 2.05) is 26.4 Å². The minimum atomic E-state index is 0.961. The Morgan fingerprint density at radius 2 is 2.05 bits per heavy atom. The Kier molecular flexibility index (Phi) is 3.48. The fourth-order valence-corrected chi connectivity index (χ4v) is 2.49. The number of rotatable bonds is 4. The Morgan fingerprint density at radius 1 is 1.20 bits per heavy atom. The van der Waals surface area contributed by atoms with Crippen LogP contribution in [0.25, 0.3) is 22.4 Å². The molecular formula is C16H18N4. The fourth-order valence-electron chi connectivity index (χ4n) is 2.49. The highest BCUT2D eigenvalue weighted by atomic mass is 15.1. The summed E-state index contributed by atoms with van der Waals surface area (Å²) < 4.78 is 2.11. The number of aryl methyl sites for hydroxylation is 1. The third-order valence-corrected chi connectivity index (χ3v) is 3.59. The van der Waals surface area contributed by atoms with Crippen molar-refractivity contribution in [1.29, 1.82) is 0 Å².